The molecule has 0 saturated carbocycles. The standard InChI is InChI=1S/C11H19NO4/c1-4-7-16-9(3)11(15)12-8(2)5-6-10(13)14/h4,8-9H,1,5-7H2,2-3H3,(H,12,15)(H,13,14). The van der Waals surface area contributed by atoms with E-state index in [1.165, 1.54) is 0 Å². The van der Waals surface area contributed by atoms with E-state index >= 15 is 0 Å². The zero-order valence-corrected chi connectivity index (χ0v) is 9.73. The van der Waals surface area contributed by atoms with Crippen molar-refractivity contribution in [1.82, 2.24) is 5.32 Å². The summed E-state index contributed by atoms with van der Waals surface area (Å²) in [5, 5.41) is 11.2. The molecule has 0 saturated heterocycles. The van der Waals surface area contributed by atoms with Crippen LogP contribution < -0.4 is 5.32 Å². The van der Waals surface area contributed by atoms with Crippen LogP contribution in [0.3, 0.4) is 0 Å². The summed E-state index contributed by atoms with van der Waals surface area (Å²) in [7, 11) is 0. The third-order valence-corrected chi connectivity index (χ3v) is 2.01. The lowest BCUT2D eigenvalue weighted by molar-refractivity contribution is -0.138. The van der Waals surface area contributed by atoms with Crippen molar-refractivity contribution in [3.63, 3.8) is 0 Å². The van der Waals surface area contributed by atoms with Gasteiger partial charge in [0.05, 0.1) is 6.61 Å². The van der Waals surface area contributed by atoms with Crippen molar-refractivity contribution in [3.8, 4) is 0 Å². The molecule has 0 aliphatic carbocycles. The highest BCUT2D eigenvalue weighted by atomic mass is 16.5. The van der Waals surface area contributed by atoms with Crippen molar-refractivity contribution >= 4 is 11.9 Å². The first-order valence-electron chi connectivity index (χ1n) is 5.22. The summed E-state index contributed by atoms with van der Waals surface area (Å²) in [6.07, 6.45) is 1.47. The number of rotatable bonds is 8. The van der Waals surface area contributed by atoms with Crippen molar-refractivity contribution < 1.29 is 19.4 Å². The van der Waals surface area contributed by atoms with Crippen LogP contribution in [0, 0.1) is 0 Å². The molecule has 5 heteroatoms. The third kappa shape index (κ3) is 7.00. The van der Waals surface area contributed by atoms with Gasteiger partial charge in [-0.1, -0.05) is 6.08 Å². The lowest BCUT2D eigenvalue weighted by Crippen LogP contribution is -2.40. The summed E-state index contributed by atoms with van der Waals surface area (Å²) >= 11 is 0. The Morgan fingerprint density at radius 1 is 1.50 bits per heavy atom. The first-order chi connectivity index (χ1) is 7.47. The zero-order chi connectivity index (χ0) is 12.6. The molecule has 0 fully saturated rings. The minimum absolute atomic E-state index is 0.0450. The summed E-state index contributed by atoms with van der Waals surface area (Å²) in [4.78, 5) is 21.8. The number of carbonyl (C=O) groups excluding carboxylic acids is 1. The van der Waals surface area contributed by atoms with Crippen molar-refractivity contribution in [2.45, 2.75) is 38.8 Å². The molecule has 0 aliphatic rings. The maximum atomic E-state index is 11.5. The van der Waals surface area contributed by atoms with E-state index in [1.54, 1.807) is 19.9 Å². The van der Waals surface area contributed by atoms with E-state index in [0.29, 0.717) is 13.0 Å². The molecule has 2 unspecified atom stereocenters. The second-order valence-electron chi connectivity index (χ2n) is 3.61. The number of amides is 1. The van der Waals surface area contributed by atoms with E-state index in [1.807, 2.05) is 0 Å². The number of carboxylic acids is 1. The Morgan fingerprint density at radius 3 is 2.62 bits per heavy atom. The van der Waals surface area contributed by atoms with Gasteiger partial charge in [-0.05, 0) is 20.3 Å². The molecule has 0 aromatic heterocycles. The zero-order valence-electron chi connectivity index (χ0n) is 9.73. The molecule has 0 heterocycles. The number of hydrogen-bond donors (Lipinski definition) is 2. The highest BCUT2D eigenvalue weighted by Gasteiger charge is 2.15. The van der Waals surface area contributed by atoms with Crippen LogP contribution in [0.25, 0.3) is 0 Å². The first kappa shape index (κ1) is 14.6. The Balaban J connectivity index is 3.84. The maximum Gasteiger partial charge on any atom is 0.303 e. The molecule has 0 rings (SSSR count). The van der Waals surface area contributed by atoms with Crippen molar-refractivity contribution in [1.29, 1.82) is 0 Å². The van der Waals surface area contributed by atoms with Crippen LogP contribution >= 0.6 is 0 Å². The fourth-order valence-corrected chi connectivity index (χ4v) is 1.06. The van der Waals surface area contributed by atoms with Gasteiger partial charge in [0.15, 0.2) is 0 Å². The summed E-state index contributed by atoms with van der Waals surface area (Å²) in [5.74, 6) is -1.10. The van der Waals surface area contributed by atoms with Gasteiger partial charge in [-0.3, -0.25) is 9.59 Å². The first-order valence-corrected chi connectivity index (χ1v) is 5.22. The van der Waals surface area contributed by atoms with Gasteiger partial charge in [0.2, 0.25) is 5.91 Å². The second kappa shape index (κ2) is 7.87. The fourth-order valence-electron chi connectivity index (χ4n) is 1.06. The van der Waals surface area contributed by atoms with Crippen LogP contribution in [-0.4, -0.2) is 35.7 Å². The van der Waals surface area contributed by atoms with Crippen molar-refractivity contribution in [3.05, 3.63) is 12.7 Å². The number of aliphatic carboxylic acids is 1. The predicted octanol–water partition coefficient (Wildman–Crippen LogP) is 0.947. The van der Waals surface area contributed by atoms with Crippen LogP contribution in [0.15, 0.2) is 12.7 Å². The van der Waals surface area contributed by atoms with Gasteiger partial charge < -0.3 is 15.2 Å². The summed E-state index contributed by atoms with van der Waals surface area (Å²) in [6, 6.07) is -0.168. The van der Waals surface area contributed by atoms with Gasteiger partial charge in [0, 0.05) is 12.5 Å². The third-order valence-electron chi connectivity index (χ3n) is 2.01. The Labute approximate surface area is 95.5 Å². The summed E-state index contributed by atoms with van der Waals surface area (Å²) in [5.41, 5.74) is 0. The molecule has 2 atom stereocenters. The molecule has 0 radical (unpaired) electrons. The Hall–Kier alpha value is -1.36. The normalized spacial score (nSPS) is 13.9. The quantitative estimate of drug-likeness (QED) is 0.607. The molecular weight excluding hydrogens is 210 g/mol. The monoisotopic (exact) mass is 229 g/mol. The van der Waals surface area contributed by atoms with Crippen LogP contribution in [0.5, 0.6) is 0 Å². The van der Waals surface area contributed by atoms with E-state index in [9.17, 15) is 9.59 Å². The topological polar surface area (TPSA) is 75.6 Å². The molecule has 2 N–H and O–H groups in total. The number of nitrogens with one attached hydrogen (secondary N) is 1. The van der Waals surface area contributed by atoms with E-state index in [-0.39, 0.29) is 18.4 Å². The molecule has 0 aromatic rings. The van der Waals surface area contributed by atoms with E-state index in [0.717, 1.165) is 0 Å². The van der Waals surface area contributed by atoms with E-state index < -0.39 is 12.1 Å². The number of ether oxygens (including phenoxy) is 1. The molecule has 92 valence electrons. The van der Waals surface area contributed by atoms with Crippen LogP contribution in [0.2, 0.25) is 0 Å². The highest BCUT2D eigenvalue weighted by molar-refractivity contribution is 5.80. The summed E-state index contributed by atoms with van der Waals surface area (Å²) < 4.78 is 5.13. The molecule has 0 spiro atoms. The van der Waals surface area contributed by atoms with Gasteiger partial charge in [-0.2, -0.15) is 0 Å². The van der Waals surface area contributed by atoms with Gasteiger partial charge in [-0.15, -0.1) is 6.58 Å². The van der Waals surface area contributed by atoms with E-state index in [4.69, 9.17) is 9.84 Å². The molecule has 0 aliphatic heterocycles. The smallest absolute Gasteiger partial charge is 0.303 e. The van der Waals surface area contributed by atoms with Gasteiger partial charge in [0.1, 0.15) is 6.10 Å². The Bertz CT molecular complexity index is 252. The van der Waals surface area contributed by atoms with Gasteiger partial charge >= 0.3 is 5.97 Å². The van der Waals surface area contributed by atoms with E-state index in [2.05, 4.69) is 11.9 Å². The maximum absolute atomic E-state index is 11.5. The highest BCUT2D eigenvalue weighted by Crippen LogP contribution is 1.98. The number of carbonyl (C=O) groups is 2. The largest absolute Gasteiger partial charge is 0.481 e. The Kier molecular flexibility index (Phi) is 7.20. The van der Waals surface area contributed by atoms with Crippen LogP contribution in [0.4, 0.5) is 0 Å². The lowest BCUT2D eigenvalue weighted by atomic mass is 10.2. The molecule has 5 nitrogen and oxygen atoms in total. The minimum Gasteiger partial charge on any atom is -0.481 e. The average Bonchev–Trinajstić information content (AvgIpc) is 2.22. The molecule has 1 amide bonds. The minimum atomic E-state index is -0.864. The molecular formula is C11H19NO4. The predicted molar refractivity (Wildman–Crippen MR) is 60.1 cm³/mol. The number of carboxylic acid groups (broad SMARTS) is 1. The van der Waals surface area contributed by atoms with Gasteiger partial charge in [0.25, 0.3) is 0 Å². The van der Waals surface area contributed by atoms with Gasteiger partial charge in [-0.25, -0.2) is 0 Å². The molecule has 0 aromatic carbocycles. The second-order valence-corrected chi connectivity index (χ2v) is 3.61. The molecule has 16 heavy (non-hydrogen) atoms. The van der Waals surface area contributed by atoms with Crippen LogP contribution in [-0.2, 0) is 14.3 Å². The SMILES string of the molecule is C=CCOC(C)C(=O)NC(C)CCC(=O)O. The molecule has 0 bridgehead atoms. The number of hydrogen-bond acceptors (Lipinski definition) is 3. The average molecular weight is 229 g/mol. The van der Waals surface area contributed by atoms with Crippen molar-refractivity contribution in [2.24, 2.45) is 0 Å². The fraction of sp³-hybridized carbons (Fsp3) is 0.636. The van der Waals surface area contributed by atoms with Crippen molar-refractivity contribution in [2.75, 3.05) is 6.61 Å². The lowest BCUT2D eigenvalue weighted by Gasteiger charge is -2.16. The summed E-state index contributed by atoms with van der Waals surface area (Å²) in [6.45, 7) is 7.20. The van der Waals surface area contributed by atoms with Crippen LogP contribution in [0.1, 0.15) is 26.7 Å². The Morgan fingerprint density at radius 2 is 2.12 bits per heavy atom.